The van der Waals surface area contributed by atoms with Gasteiger partial charge >= 0.3 is 0 Å². The molecule has 0 aromatic heterocycles. The molecule has 0 aliphatic rings. The van der Waals surface area contributed by atoms with Gasteiger partial charge in [0.15, 0.2) is 0 Å². The Balaban J connectivity index is 3.25. The van der Waals surface area contributed by atoms with Gasteiger partial charge in [-0.2, -0.15) is 0 Å². The van der Waals surface area contributed by atoms with Gasteiger partial charge in [-0.15, -0.1) is 0 Å². The van der Waals surface area contributed by atoms with E-state index in [1.807, 2.05) is 0 Å². The molecule has 0 heterocycles. The molecule has 1 aromatic carbocycles. The van der Waals surface area contributed by atoms with Crippen LogP contribution in [0.15, 0.2) is 17.0 Å². The lowest BCUT2D eigenvalue weighted by atomic mass is 10.0. The van der Waals surface area contributed by atoms with E-state index >= 15 is 0 Å². The van der Waals surface area contributed by atoms with E-state index in [1.165, 1.54) is 6.92 Å². The molecule has 0 fully saturated rings. The van der Waals surface area contributed by atoms with E-state index < -0.39 is 21.4 Å². The molecule has 0 saturated carbocycles. The number of aliphatic hydroxyl groups excluding tert-OH is 1. The zero-order valence-electron chi connectivity index (χ0n) is 11.2. The second kappa shape index (κ2) is 5.44. The van der Waals surface area contributed by atoms with Crippen molar-refractivity contribution in [1.82, 2.24) is 4.72 Å². The van der Waals surface area contributed by atoms with Crippen LogP contribution < -0.4 is 10.5 Å². The number of halogens is 1. The first-order chi connectivity index (χ1) is 8.65. The molecule has 0 bridgehead atoms. The first-order valence-corrected chi connectivity index (χ1v) is 7.34. The number of nitrogens with two attached hydrogens (primary N) is 1. The van der Waals surface area contributed by atoms with Crippen molar-refractivity contribution < 1.29 is 17.9 Å². The fraction of sp³-hybridized carbons (Fsp3) is 0.500. The standard InChI is InChI=1S/C12H19FN2O3S/c1-4-12(3,7-16)15-19(17,18)11-6-10(14)9(13)5-8(11)2/h5-6,15-16H,4,7,14H2,1-3H3. The molecular weight excluding hydrogens is 271 g/mol. The van der Waals surface area contributed by atoms with Gasteiger partial charge < -0.3 is 10.8 Å². The van der Waals surface area contributed by atoms with Gasteiger partial charge in [-0.25, -0.2) is 17.5 Å². The quantitative estimate of drug-likeness (QED) is 0.709. The number of hydrogen-bond donors (Lipinski definition) is 3. The average molecular weight is 290 g/mol. The predicted molar refractivity (Wildman–Crippen MR) is 71.7 cm³/mol. The smallest absolute Gasteiger partial charge is 0.241 e. The summed E-state index contributed by atoms with van der Waals surface area (Å²) in [5.74, 6) is -0.656. The number of sulfonamides is 1. The maximum atomic E-state index is 13.2. The van der Waals surface area contributed by atoms with Gasteiger partial charge in [-0.1, -0.05) is 6.92 Å². The molecular formula is C12H19FN2O3S. The first-order valence-electron chi connectivity index (χ1n) is 5.85. The maximum Gasteiger partial charge on any atom is 0.241 e. The van der Waals surface area contributed by atoms with Gasteiger partial charge in [-0.05, 0) is 38.0 Å². The summed E-state index contributed by atoms with van der Waals surface area (Å²) in [6, 6.07) is 2.16. The van der Waals surface area contributed by atoms with Crippen molar-refractivity contribution >= 4 is 15.7 Å². The van der Waals surface area contributed by atoms with Crippen LogP contribution in [0, 0.1) is 12.7 Å². The molecule has 7 heteroatoms. The van der Waals surface area contributed by atoms with Crippen molar-refractivity contribution in [2.75, 3.05) is 12.3 Å². The minimum Gasteiger partial charge on any atom is -0.396 e. The van der Waals surface area contributed by atoms with Crippen molar-refractivity contribution in [1.29, 1.82) is 0 Å². The monoisotopic (exact) mass is 290 g/mol. The van der Waals surface area contributed by atoms with E-state index in [-0.39, 0.29) is 22.8 Å². The Bertz CT molecular complexity index is 569. The molecule has 1 unspecified atom stereocenters. The van der Waals surface area contributed by atoms with Gasteiger partial charge in [-0.3, -0.25) is 0 Å². The molecule has 1 atom stereocenters. The molecule has 0 spiro atoms. The van der Waals surface area contributed by atoms with Crippen LogP contribution in [0.1, 0.15) is 25.8 Å². The minimum absolute atomic E-state index is 0.0838. The van der Waals surface area contributed by atoms with Crippen LogP contribution in [0.4, 0.5) is 10.1 Å². The van der Waals surface area contributed by atoms with Crippen LogP contribution in [0.5, 0.6) is 0 Å². The van der Waals surface area contributed by atoms with E-state index in [0.717, 1.165) is 12.1 Å². The van der Waals surface area contributed by atoms with Gasteiger partial charge in [0.2, 0.25) is 10.0 Å². The van der Waals surface area contributed by atoms with Crippen LogP contribution in [-0.2, 0) is 10.0 Å². The highest BCUT2D eigenvalue weighted by Gasteiger charge is 2.29. The van der Waals surface area contributed by atoms with E-state index in [2.05, 4.69) is 4.72 Å². The third-order valence-electron chi connectivity index (χ3n) is 3.09. The van der Waals surface area contributed by atoms with Gasteiger partial charge in [0.05, 0.1) is 22.7 Å². The summed E-state index contributed by atoms with van der Waals surface area (Å²) in [5.41, 5.74) is 4.47. The summed E-state index contributed by atoms with van der Waals surface area (Å²) in [7, 11) is -3.87. The molecule has 19 heavy (non-hydrogen) atoms. The fourth-order valence-corrected chi connectivity index (χ4v) is 3.29. The molecule has 0 aliphatic heterocycles. The first kappa shape index (κ1) is 15.9. The zero-order valence-corrected chi connectivity index (χ0v) is 12.0. The molecule has 0 amide bonds. The Hall–Kier alpha value is -1.18. The summed E-state index contributed by atoms with van der Waals surface area (Å²) in [6.07, 6.45) is 0.415. The van der Waals surface area contributed by atoms with Crippen LogP contribution >= 0.6 is 0 Å². The predicted octanol–water partition coefficient (Wildman–Crippen LogP) is 1.16. The molecule has 1 rings (SSSR count). The number of nitrogen functional groups attached to an aromatic ring is 1. The largest absolute Gasteiger partial charge is 0.396 e. The Kier molecular flexibility index (Phi) is 4.54. The van der Waals surface area contributed by atoms with Gasteiger partial charge in [0.25, 0.3) is 0 Å². The Morgan fingerprint density at radius 2 is 2.05 bits per heavy atom. The lowest BCUT2D eigenvalue weighted by Gasteiger charge is -2.27. The van der Waals surface area contributed by atoms with Gasteiger partial charge in [0, 0.05) is 0 Å². The SMILES string of the molecule is CCC(C)(CO)NS(=O)(=O)c1cc(N)c(F)cc1C. The molecule has 0 radical (unpaired) electrons. The summed E-state index contributed by atoms with van der Waals surface area (Å²) in [4.78, 5) is -0.0838. The van der Waals surface area contributed by atoms with E-state index in [9.17, 15) is 17.9 Å². The number of rotatable bonds is 5. The lowest BCUT2D eigenvalue weighted by molar-refractivity contribution is 0.191. The Labute approximate surface area is 112 Å². The van der Waals surface area contributed by atoms with Crippen LogP contribution in [0.2, 0.25) is 0 Å². The third kappa shape index (κ3) is 3.43. The highest BCUT2D eigenvalue weighted by molar-refractivity contribution is 7.89. The highest BCUT2D eigenvalue weighted by Crippen LogP contribution is 2.23. The van der Waals surface area contributed by atoms with Crippen LogP contribution in [0.3, 0.4) is 0 Å². The summed E-state index contributed by atoms with van der Waals surface area (Å²) in [5, 5.41) is 9.25. The maximum absolute atomic E-state index is 13.2. The van der Waals surface area contributed by atoms with E-state index in [0.29, 0.717) is 6.42 Å². The summed E-state index contributed by atoms with van der Waals surface area (Å²) >= 11 is 0. The van der Waals surface area contributed by atoms with Crippen molar-refractivity contribution in [2.45, 2.75) is 37.6 Å². The Morgan fingerprint density at radius 3 is 2.53 bits per heavy atom. The summed E-state index contributed by atoms with van der Waals surface area (Å²) < 4.78 is 40.2. The van der Waals surface area contributed by atoms with Crippen molar-refractivity contribution in [3.8, 4) is 0 Å². The fourth-order valence-electron chi connectivity index (χ4n) is 1.55. The second-order valence-electron chi connectivity index (χ2n) is 4.82. The molecule has 0 aliphatic carbocycles. The molecule has 4 N–H and O–H groups in total. The number of benzene rings is 1. The average Bonchev–Trinajstić information content (AvgIpc) is 2.33. The van der Waals surface area contributed by atoms with Crippen molar-refractivity contribution in [2.24, 2.45) is 0 Å². The second-order valence-corrected chi connectivity index (χ2v) is 6.47. The Morgan fingerprint density at radius 1 is 1.47 bits per heavy atom. The van der Waals surface area contributed by atoms with E-state index in [4.69, 9.17) is 5.73 Å². The van der Waals surface area contributed by atoms with Gasteiger partial charge in [0.1, 0.15) is 5.82 Å². The topological polar surface area (TPSA) is 92.4 Å². The summed E-state index contributed by atoms with van der Waals surface area (Å²) in [6.45, 7) is 4.50. The van der Waals surface area contributed by atoms with Crippen molar-refractivity contribution in [3.05, 3.63) is 23.5 Å². The van der Waals surface area contributed by atoms with Crippen molar-refractivity contribution in [3.63, 3.8) is 0 Å². The molecule has 0 saturated heterocycles. The van der Waals surface area contributed by atoms with Crippen LogP contribution in [0.25, 0.3) is 0 Å². The molecule has 1 aromatic rings. The molecule has 5 nitrogen and oxygen atoms in total. The number of anilines is 1. The molecule has 108 valence electrons. The number of aliphatic hydroxyl groups is 1. The normalized spacial score (nSPS) is 15.2. The number of aryl methyl sites for hydroxylation is 1. The minimum atomic E-state index is -3.87. The third-order valence-corrected chi connectivity index (χ3v) is 4.87. The van der Waals surface area contributed by atoms with E-state index in [1.54, 1.807) is 13.8 Å². The number of nitrogens with one attached hydrogen (secondary N) is 1. The number of hydrogen-bond acceptors (Lipinski definition) is 4. The highest BCUT2D eigenvalue weighted by atomic mass is 32.2. The zero-order chi connectivity index (χ0) is 14.8. The van der Waals surface area contributed by atoms with Crippen LogP contribution in [-0.4, -0.2) is 25.7 Å². The lowest BCUT2D eigenvalue weighted by Crippen LogP contribution is -2.48.